The Labute approximate surface area is 84.8 Å². The summed E-state index contributed by atoms with van der Waals surface area (Å²) in [6.45, 7) is 3.14. The Balaban J connectivity index is 1.64. The SMILES string of the molecule is O=C(C1CC1)N1CC2CCCNC2C1. The first-order chi connectivity index (χ1) is 6.84. The molecule has 2 heterocycles. The van der Waals surface area contributed by atoms with E-state index < -0.39 is 0 Å². The highest BCUT2D eigenvalue weighted by atomic mass is 16.2. The van der Waals surface area contributed by atoms with Gasteiger partial charge in [0.1, 0.15) is 0 Å². The van der Waals surface area contributed by atoms with Crippen LogP contribution in [0.2, 0.25) is 0 Å². The molecule has 0 spiro atoms. The standard InChI is InChI=1S/C11H18N2O/c14-11(8-3-4-8)13-6-9-2-1-5-12-10(9)7-13/h8-10,12H,1-7H2. The third-order valence-electron chi connectivity index (χ3n) is 3.84. The predicted molar refractivity (Wildman–Crippen MR) is 53.8 cm³/mol. The van der Waals surface area contributed by atoms with Crippen molar-refractivity contribution in [3.05, 3.63) is 0 Å². The minimum Gasteiger partial charge on any atom is -0.341 e. The summed E-state index contributed by atoms with van der Waals surface area (Å²) in [6.07, 6.45) is 4.87. The Kier molecular flexibility index (Phi) is 2.01. The molecule has 1 saturated carbocycles. The summed E-state index contributed by atoms with van der Waals surface area (Å²) >= 11 is 0. The summed E-state index contributed by atoms with van der Waals surface area (Å²) in [6, 6.07) is 0.603. The molecule has 1 amide bonds. The number of hydrogen-bond acceptors (Lipinski definition) is 2. The number of fused-ring (bicyclic) bond motifs is 1. The molecule has 0 bridgehead atoms. The van der Waals surface area contributed by atoms with Crippen molar-refractivity contribution in [2.45, 2.75) is 31.7 Å². The largest absolute Gasteiger partial charge is 0.341 e. The lowest BCUT2D eigenvalue weighted by Gasteiger charge is -2.24. The van der Waals surface area contributed by atoms with E-state index in [9.17, 15) is 4.79 Å². The number of amides is 1. The Hall–Kier alpha value is -0.570. The number of likely N-dealkylation sites (tertiary alicyclic amines) is 1. The maximum absolute atomic E-state index is 11.8. The molecule has 14 heavy (non-hydrogen) atoms. The smallest absolute Gasteiger partial charge is 0.225 e. The molecule has 3 nitrogen and oxygen atoms in total. The topological polar surface area (TPSA) is 32.3 Å². The molecule has 2 unspecified atom stereocenters. The van der Waals surface area contributed by atoms with Gasteiger partial charge in [0, 0.05) is 25.0 Å². The van der Waals surface area contributed by atoms with Gasteiger partial charge in [0.15, 0.2) is 0 Å². The van der Waals surface area contributed by atoms with Gasteiger partial charge in [0.25, 0.3) is 0 Å². The number of carbonyl (C=O) groups excluding carboxylic acids is 1. The summed E-state index contributed by atoms with van der Waals surface area (Å²) in [5.74, 6) is 1.57. The fourth-order valence-electron chi connectivity index (χ4n) is 2.82. The van der Waals surface area contributed by atoms with E-state index in [-0.39, 0.29) is 0 Å². The van der Waals surface area contributed by atoms with E-state index in [4.69, 9.17) is 0 Å². The molecule has 0 aromatic heterocycles. The van der Waals surface area contributed by atoms with Gasteiger partial charge < -0.3 is 10.2 Å². The zero-order chi connectivity index (χ0) is 9.54. The van der Waals surface area contributed by atoms with Crippen molar-refractivity contribution in [2.75, 3.05) is 19.6 Å². The van der Waals surface area contributed by atoms with E-state index in [1.807, 2.05) is 0 Å². The van der Waals surface area contributed by atoms with E-state index in [1.165, 1.54) is 12.8 Å². The molecule has 3 aliphatic rings. The number of carbonyl (C=O) groups is 1. The summed E-state index contributed by atoms with van der Waals surface area (Å²) in [7, 11) is 0. The van der Waals surface area contributed by atoms with Gasteiger partial charge in [-0.15, -0.1) is 0 Å². The molecule has 2 aliphatic heterocycles. The second kappa shape index (κ2) is 3.23. The highest BCUT2D eigenvalue weighted by molar-refractivity contribution is 5.81. The molecular formula is C11H18N2O. The maximum Gasteiger partial charge on any atom is 0.225 e. The zero-order valence-electron chi connectivity index (χ0n) is 8.54. The molecule has 2 saturated heterocycles. The Morgan fingerprint density at radius 2 is 2.07 bits per heavy atom. The van der Waals surface area contributed by atoms with Crippen LogP contribution in [0.4, 0.5) is 0 Å². The number of nitrogens with one attached hydrogen (secondary N) is 1. The van der Waals surface area contributed by atoms with Crippen LogP contribution in [0.1, 0.15) is 25.7 Å². The Morgan fingerprint density at radius 1 is 1.21 bits per heavy atom. The van der Waals surface area contributed by atoms with Crippen molar-refractivity contribution >= 4 is 5.91 Å². The zero-order valence-corrected chi connectivity index (χ0v) is 8.54. The van der Waals surface area contributed by atoms with Crippen molar-refractivity contribution < 1.29 is 4.79 Å². The normalized spacial score (nSPS) is 37.0. The van der Waals surface area contributed by atoms with Gasteiger partial charge in [-0.3, -0.25) is 4.79 Å². The van der Waals surface area contributed by atoms with E-state index in [0.29, 0.717) is 17.9 Å². The Morgan fingerprint density at radius 3 is 2.79 bits per heavy atom. The van der Waals surface area contributed by atoms with Crippen LogP contribution in [0.3, 0.4) is 0 Å². The third-order valence-corrected chi connectivity index (χ3v) is 3.84. The summed E-state index contributed by atoms with van der Waals surface area (Å²) in [4.78, 5) is 14.0. The fraction of sp³-hybridized carbons (Fsp3) is 0.909. The van der Waals surface area contributed by atoms with Crippen molar-refractivity contribution in [2.24, 2.45) is 11.8 Å². The molecule has 78 valence electrons. The van der Waals surface area contributed by atoms with Crippen LogP contribution in [0.15, 0.2) is 0 Å². The van der Waals surface area contributed by atoms with Crippen LogP contribution >= 0.6 is 0 Å². The molecule has 0 aromatic rings. The predicted octanol–water partition coefficient (Wildman–Crippen LogP) is 0.607. The van der Waals surface area contributed by atoms with Crippen molar-refractivity contribution in [3.63, 3.8) is 0 Å². The van der Waals surface area contributed by atoms with Gasteiger partial charge >= 0.3 is 0 Å². The van der Waals surface area contributed by atoms with Crippen LogP contribution in [0.25, 0.3) is 0 Å². The fourth-order valence-corrected chi connectivity index (χ4v) is 2.82. The lowest BCUT2D eigenvalue weighted by Crippen LogP contribution is -2.41. The number of piperidine rings is 1. The van der Waals surface area contributed by atoms with Crippen molar-refractivity contribution in [3.8, 4) is 0 Å². The molecule has 2 atom stereocenters. The molecule has 0 radical (unpaired) electrons. The minimum absolute atomic E-state index is 0.398. The third kappa shape index (κ3) is 1.44. The van der Waals surface area contributed by atoms with Gasteiger partial charge in [0.2, 0.25) is 5.91 Å². The molecule has 3 rings (SSSR count). The van der Waals surface area contributed by atoms with Crippen LogP contribution in [-0.4, -0.2) is 36.5 Å². The van der Waals surface area contributed by atoms with Gasteiger partial charge in [-0.1, -0.05) is 0 Å². The number of hydrogen-bond donors (Lipinski definition) is 1. The second-order valence-electron chi connectivity index (χ2n) is 4.98. The van der Waals surface area contributed by atoms with E-state index in [2.05, 4.69) is 10.2 Å². The second-order valence-corrected chi connectivity index (χ2v) is 4.98. The minimum atomic E-state index is 0.398. The molecular weight excluding hydrogens is 176 g/mol. The molecule has 1 aliphatic carbocycles. The van der Waals surface area contributed by atoms with Gasteiger partial charge in [-0.25, -0.2) is 0 Å². The average molecular weight is 194 g/mol. The highest BCUT2D eigenvalue weighted by Crippen LogP contribution is 2.34. The quantitative estimate of drug-likeness (QED) is 0.663. The van der Waals surface area contributed by atoms with Crippen LogP contribution in [-0.2, 0) is 4.79 Å². The average Bonchev–Trinajstić information content (AvgIpc) is 2.95. The molecule has 1 N–H and O–H groups in total. The van der Waals surface area contributed by atoms with Crippen molar-refractivity contribution in [1.82, 2.24) is 10.2 Å². The summed E-state index contributed by atoms with van der Waals surface area (Å²) in [5, 5.41) is 3.53. The monoisotopic (exact) mass is 194 g/mol. The van der Waals surface area contributed by atoms with Crippen LogP contribution < -0.4 is 5.32 Å². The maximum atomic E-state index is 11.8. The molecule has 3 heteroatoms. The first-order valence-electron chi connectivity index (χ1n) is 5.87. The van der Waals surface area contributed by atoms with E-state index in [0.717, 1.165) is 38.4 Å². The van der Waals surface area contributed by atoms with Crippen LogP contribution in [0, 0.1) is 11.8 Å². The Bertz CT molecular complexity index is 236. The van der Waals surface area contributed by atoms with Crippen LogP contribution in [0.5, 0.6) is 0 Å². The molecule has 0 aromatic carbocycles. The van der Waals surface area contributed by atoms with Gasteiger partial charge in [0.05, 0.1) is 0 Å². The molecule has 3 fully saturated rings. The summed E-state index contributed by atoms with van der Waals surface area (Å²) < 4.78 is 0. The van der Waals surface area contributed by atoms with E-state index >= 15 is 0 Å². The van der Waals surface area contributed by atoms with Gasteiger partial charge in [-0.2, -0.15) is 0 Å². The first-order valence-corrected chi connectivity index (χ1v) is 5.87. The first kappa shape index (κ1) is 8.72. The highest BCUT2D eigenvalue weighted by Gasteiger charge is 2.41. The lowest BCUT2D eigenvalue weighted by molar-refractivity contribution is -0.131. The van der Waals surface area contributed by atoms with Crippen molar-refractivity contribution in [1.29, 1.82) is 0 Å². The number of nitrogens with zero attached hydrogens (tertiary/aromatic N) is 1. The lowest BCUT2D eigenvalue weighted by atomic mass is 9.94. The summed E-state index contributed by atoms with van der Waals surface area (Å²) in [5.41, 5.74) is 0. The number of rotatable bonds is 1. The van der Waals surface area contributed by atoms with E-state index in [1.54, 1.807) is 0 Å². The van der Waals surface area contributed by atoms with Gasteiger partial charge in [-0.05, 0) is 38.1 Å².